The zero-order chi connectivity index (χ0) is 17.4. The Morgan fingerprint density at radius 3 is 2.29 bits per heavy atom. The maximum Gasteiger partial charge on any atom is 0.162 e. The van der Waals surface area contributed by atoms with Gasteiger partial charge < -0.3 is 19.9 Å². The Bertz CT molecular complexity index is 668. The molecule has 2 aromatic rings. The van der Waals surface area contributed by atoms with Crippen molar-refractivity contribution in [3.8, 4) is 17.2 Å². The standard InChI is InChI=1S/C19H23NO4/c1-3-4-18(21)14-5-10-19(17(20)13-14)24-12-11-23-16-8-6-15(22-2)7-9-16/h5-10,13H,3-4,11-12,20H2,1-2H3. The Hall–Kier alpha value is -2.69. The zero-order valence-corrected chi connectivity index (χ0v) is 14.1. The number of Topliss-reactive ketones (excluding diaryl/α,β-unsaturated/α-hetero) is 1. The van der Waals surface area contributed by atoms with Crippen molar-refractivity contribution in [1.82, 2.24) is 0 Å². The van der Waals surface area contributed by atoms with Gasteiger partial charge in [-0.1, -0.05) is 6.92 Å². The first-order valence-electron chi connectivity index (χ1n) is 7.96. The first-order chi connectivity index (χ1) is 11.6. The minimum absolute atomic E-state index is 0.0959. The van der Waals surface area contributed by atoms with Crippen molar-refractivity contribution in [2.24, 2.45) is 0 Å². The SMILES string of the molecule is CCCC(=O)c1ccc(OCCOc2ccc(OC)cc2)c(N)c1. The molecule has 0 radical (unpaired) electrons. The second kappa shape index (κ2) is 8.82. The number of hydrogen-bond donors (Lipinski definition) is 1. The van der Waals surface area contributed by atoms with E-state index < -0.39 is 0 Å². The second-order valence-electron chi connectivity index (χ2n) is 5.30. The summed E-state index contributed by atoms with van der Waals surface area (Å²) in [5.41, 5.74) is 7.03. The van der Waals surface area contributed by atoms with E-state index >= 15 is 0 Å². The Morgan fingerprint density at radius 2 is 1.67 bits per heavy atom. The normalized spacial score (nSPS) is 10.2. The molecule has 0 spiro atoms. The van der Waals surface area contributed by atoms with Gasteiger partial charge in [0.25, 0.3) is 0 Å². The minimum atomic E-state index is 0.0959. The molecule has 2 rings (SSSR count). The molecule has 0 aliphatic carbocycles. The van der Waals surface area contributed by atoms with Crippen LogP contribution < -0.4 is 19.9 Å². The van der Waals surface area contributed by atoms with E-state index in [-0.39, 0.29) is 5.78 Å². The van der Waals surface area contributed by atoms with E-state index in [2.05, 4.69) is 0 Å². The van der Waals surface area contributed by atoms with Crippen molar-refractivity contribution in [1.29, 1.82) is 0 Å². The molecule has 24 heavy (non-hydrogen) atoms. The van der Waals surface area contributed by atoms with Gasteiger partial charge >= 0.3 is 0 Å². The molecule has 0 heterocycles. The van der Waals surface area contributed by atoms with Crippen molar-refractivity contribution < 1.29 is 19.0 Å². The first kappa shape index (κ1) is 17.7. The average Bonchev–Trinajstić information content (AvgIpc) is 2.60. The summed E-state index contributed by atoms with van der Waals surface area (Å²) < 4.78 is 16.3. The molecule has 5 heteroatoms. The fourth-order valence-electron chi connectivity index (χ4n) is 2.21. The van der Waals surface area contributed by atoms with Crippen molar-refractivity contribution in [3.05, 3.63) is 48.0 Å². The quantitative estimate of drug-likeness (QED) is 0.431. The fraction of sp³-hybridized carbons (Fsp3) is 0.316. The van der Waals surface area contributed by atoms with Crippen LogP contribution in [0.1, 0.15) is 30.1 Å². The molecule has 0 aliphatic heterocycles. The Labute approximate surface area is 142 Å². The maximum absolute atomic E-state index is 11.8. The largest absolute Gasteiger partial charge is 0.497 e. The summed E-state index contributed by atoms with van der Waals surface area (Å²) in [5.74, 6) is 2.18. The molecular weight excluding hydrogens is 306 g/mol. The van der Waals surface area contributed by atoms with Gasteiger partial charge in [-0.15, -0.1) is 0 Å². The van der Waals surface area contributed by atoms with Gasteiger partial charge in [0.1, 0.15) is 30.5 Å². The van der Waals surface area contributed by atoms with E-state index in [1.165, 1.54) is 0 Å². The highest BCUT2D eigenvalue weighted by atomic mass is 16.5. The number of ether oxygens (including phenoxy) is 3. The number of nitrogens with two attached hydrogens (primary N) is 1. The Morgan fingerprint density at radius 1 is 1.00 bits per heavy atom. The summed E-state index contributed by atoms with van der Waals surface area (Å²) >= 11 is 0. The smallest absolute Gasteiger partial charge is 0.162 e. The number of nitrogen functional groups attached to an aromatic ring is 1. The number of hydrogen-bond acceptors (Lipinski definition) is 5. The zero-order valence-electron chi connectivity index (χ0n) is 14.1. The van der Waals surface area contributed by atoms with E-state index in [1.54, 1.807) is 25.3 Å². The molecule has 0 amide bonds. The summed E-state index contributed by atoms with van der Waals surface area (Å²) in [6, 6.07) is 12.5. The highest BCUT2D eigenvalue weighted by Gasteiger charge is 2.08. The lowest BCUT2D eigenvalue weighted by molar-refractivity contribution is 0.0981. The van der Waals surface area contributed by atoms with E-state index in [1.807, 2.05) is 31.2 Å². The number of carbonyl (C=O) groups excluding carboxylic acids is 1. The summed E-state index contributed by atoms with van der Waals surface area (Å²) in [6.45, 7) is 2.72. The van der Waals surface area contributed by atoms with Crippen LogP contribution in [0.2, 0.25) is 0 Å². The molecular formula is C19H23NO4. The third-order valence-electron chi connectivity index (χ3n) is 3.48. The van der Waals surface area contributed by atoms with Gasteiger partial charge in [-0.05, 0) is 48.9 Å². The third-order valence-corrected chi connectivity index (χ3v) is 3.48. The predicted octanol–water partition coefficient (Wildman–Crippen LogP) is 3.72. The lowest BCUT2D eigenvalue weighted by Crippen LogP contribution is -2.10. The molecule has 128 valence electrons. The van der Waals surface area contributed by atoms with Crippen molar-refractivity contribution in [2.45, 2.75) is 19.8 Å². The average molecular weight is 329 g/mol. The van der Waals surface area contributed by atoms with Crippen molar-refractivity contribution in [2.75, 3.05) is 26.1 Å². The van der Waals surface area contributed by atoms with Gasteiger partial charge in [0.2, 0.25) is 0 Å². The van der Waals surface area contributed by atoms with Crippen molar-refractivity contribution >= 4 is 11.5 Å². The number of carbonyl (C=O) groups is 1. The van der Waals surface area contributed by atoms with Gasteiger partial charge in [0.15, 0.2) is 5.78 Å². The molecule has 5 nitrogen and oxygen atoms in total. The van der Waals surface area contributed by atoms with E-state index in [0.29, 0.717) is 36.6 Å². The predicted molar refractivity (Wildman–Crippen MR) is 94.1 cm³/mol. The van der Waals surface area contributed by atoms with Crippen LogP contribution in [0.4, 0.5) is 5.69 Å². The minimum Gasteiger partial charge on any atom is -0.497 e. The summed E-state index contributed by atoms with van der Waals surface area (Å²) in [5, 5.41) is 0. The lowest BCUT2D eigenvalue weighted by Gasteiger charge is -2.11. The molecule has 2 N–H and O–H groups in total. The summed E-state index contributed by atoms with van der Waals surface area (Å²) in [6.07, 6.45) is 1.34. The summed E-state index contributed by atoms with van der Waals surface area (Å²) in [7, 11) is 1.62. The second-order valence-corrected chi connectivity index (χ2v) is 5.30. The van der Waals surface area contributed by atoms with Crippen LogP contribution in [0.25, 0.3) is 0 Å². The van der Waals surface area contributed by atoms with Crippen LogP contribution in [0.15, 0.2) is 42.5 Å². The fourth-order valence-corrected chi connectivity index (χ4v) is 2.21. The van der Waals surface area contributed by atoms with E-state index in [4.69, 9.17) is 19.9 Å². The van der Waals surface area contributed by atoms with Crippen LogP contribution in [-0.4, -0.2) is 26.1 Å². The number of ketones is 1. The molecule has 0 unspecified atom stereocenters. The number of anilines is 1. The van der Waals surface area contributed by atoms with E-state index in [9.17, 15) is 4.79 Å². The highest BCUT2D eigenvalue weighted by Crippen LogP contribution is 2.23. The molecule has 0 bridgehead atoms. The van der Waals surface area contributed by atoms with Crippen LogP contribution >= 0.6 is 0 Å². The van der Waals surface area contributed by atoms with Gasteiger partial charge in [0.05, 0.1) is 12.8 Å². The Kier molecular flexibility index (Phi) is 6.49. The lowest BCUT2D eigenvalue weighted by atomic mass is 10.1. The van der Waals surface area contributed by atoms with Gasteiger partial charge in [-0.2, -0.15) is 0 Å². The van der Waals surface area contributed by atoms with Gasteiger partial charge in [-0.3, -0.25) is 4.79 Å². The van der Waals surface area contributed by atoms with Crippen molar-refractivity contribution in [3.63, 3.8) is 0 Å². The first-order valence-corrected chi connectivity index (χ1v) is 7.96. The molecule has 0 fully saturated rings. The Balaban J connectivity index is 1.82. The highest BCUT2D eigenvalue weighted by molar-refractivity contribution is 5.97. The van der Waals surface area contributed by atoms with Gasteiger partial charge in [0, 0.05) is 12.0 Å². The molecule has 0 aromatic heterocycles. The van der Waals surface area contributed by atoms with Crippen LogP contribution in [0.3, 0.4) is 0 Å². The molecule has 0 saturated carbocycles. The third kappa shape index (κ3) is 4.91. The number of methoxy groups -OCH3 is 1. The number of rotatable bonds is 9. The monoisotopic (exact) mass is 329 g/mol. The molecule has 0 atom stereocenters. The maximum atomic E-state index is 11.8. The summed E-state index contributed by atoms with van der Waals surface area (Å²) in [4.78, 5) is 11.8. The van der Waals surface area contributed by atoms with E-state index in [0.717, 1.165) is 17.9 Å². The molecule has 0 aliphatic rings. The molecule has 0 saturated heterocycles. The van der Waals surface area contributed by atoms with Crippen LogP contribution in [0.5, 0.6) is 17.2 Å². The topological polar surface area (TPSA) is 70.8 Å². The molecule has 2 aromatic carbocycles. The number of benzene rings is 2. The van der Waals surface area contributed by atoms with Crippen LogP contribution in [-0.2, 0) is 0 Å². The van der Waals surface area contributed by atoms with Gasteiger partial charge in [-0.25, -0.2) is 0 Å². The van der Waals surface area contributed by atoms with Crippen LogP contribution in [0, 0.1) is 0 Å².